The molecule has 0 aromatic heterocycles. The van der Waals surface area contributed by atoms with E-state index in [4.69, 9.17) is 0 Å². The molecule has 1 aliphatic heterocycles. The number of anilines is 1. The number of nitro benzene ring substituents is 2. The van der Waals surface area contributed by atoms with Crippen molar-refractivity contribution in [3.63, 3.8) is 0 Å². The highest BCUT2D eigenvalue weighted by Gasteiger charge is 2.26. The lowest BCUT2D eigenvalue weighted by molar-refractivity contribution is -0.394. The minimum Gasteiger partial charge on any atom is -0.312 e. The van der Waals surface area contributed by atoms with Crippen LogP contribution >= 0.6 is 0 Å². The molecule has 8 heteroatoms. The number of carbonyl (C=O) groups excluding carboxylic acids is 1. The van der Waals surface area contributed by atoms with E-state index in [0.717, 1.165) is 30.2 Å². The van der Waals surface area contributed by atoms with Crippen LogP contribution in [0.4, 0.5) is 17.1 Å². The fourth-order valence-electron chi connectivity index (χ4n) is 3.04. The van der Waals surface area contributed by atoms with Gasteiger partial charge in [-0.15, -0.1) is 0 Å². The van der Waals surface area contributed by atoms with Crippen molar-refractivity contribution in [2.75, 3.05) is 11.4 Å². The first kappa shape index (κ1) is 16.6. The second-order valence-corrected chi connectivity index (χ2v) is 5.78. The fraction of sp³-hybridized carbons (Fsp3) is 0.235. The van der Waals surface area contributed by atoms with Gasteiger partial charge in [0.2, 0.25) is 5.91 Å². The molecule has 0 N–H and O–H groups in total. The minimum atomic E-state index is -0.695. The summed E-state index contributed by atoms with van der Waals surface area (Å²) in [5.41, 5.74) is 1.28. The summed E-state index contributed by atoms with van der Waals surface area (Å²) >= 11 is 0. The van der Waals surface area contributed by atoms with Gasteiger partial charge < -0.3 is 4.90 Å². The van der Waals surface area contributed by atoms with Gasteiger partial charge in [-0.3, -0.25) is 25.0 Å². The molecule has 8 nitrogen and oxygen atoms in total. The highest BCUT2D eigenvalue weighted by atomic mass is 16.6. The molecule has 25 heavy (non-hydrogen) atoms. The van der Waals surface area contributed by atoms with E-state index in [0.29, 0.717) is 6.54 Å². The van der Waals surface area contributed by atoms with E-state index < -0.39 is 15.5 Å². The number of nitrogens with zero attached hydrogens (tertiary/aromatic N) is 3. The molecule has 2 aromatic carbocycles. The SMILES string of the molecule is O=C(Cc1ccc([N+](=O)[O-])cc1[N+](=O)[O-])N1CCCc2ccccc21. The standard InChI is InChI=1S/C17H15N3O5/c21-17(18-9-3-5-12-4-1-2-6-15(12)18)10-13-7-8-14(19(22)23)11-16(13)20(24)25/h1-2,4,6-8,11H,3,5,9-10H2. The minimum absolute atomic E-state index is 0.170. The first-order chi connectivity index (χ1) is 12.0. The van der Waals surface area contributed by atoms with Gasteiger partial charge in [-0.05, 0) is 30.5 Å². The third-order valence-corrected chi connectivity index (χ3v) is 4.23. The maximum atomic E-state index is 12.7. The molecule has 0 atom stereocenters. The summed E-state index contributed by atoms with van der Waals surface area (Å²) in [5, 5.41) is 22.0. The van der Waals surface area contributed by atoms with Gasteiger partial charge in [-0.1, -0.05) is 18.2 Å². The molecule has 1 amide bonds. The third kappa shape index (κ3) is 3.32. The van der Waals surface area contributed by atoms with Crippen molar-refractivity contribution in [1.82, 2.24) is 0 Å². The van der Waals surface area contributed by atoms with Crippen LogP contribution in [0.2, 0.25) is 0 Å². The summed E-state index contributed by atoms with van der Waals surface area (Å²) in [4.78, 5) is 34.9. The first-order valence-electron chi connectivity index (χ1n) is 7.77. The molecular formula is C17H15N3O5. The van der Waals surface area contributed by atoms with E-state index in [1.54, 1.807) is 4.90 Å². The Labute approximate surface area is 143 Å². The number of amides is 1. The molecule has 3 rings (SSSR count). The Hall–Kier alpha value is -3.29. The summed E-state index contributed by atoms with van der Waals surface area (Å²) in [6, 6.07) is 10.9. The average molecular weight is 341 g/mol. The van der Waals surface area contributed by atoms with Gasteiger partial charge in [0.1, 0.15) is 0 Å². The predicted octanol–water partition coefficient (Wildman–Crippen LogP) is 3.02. The topological polar surface area (TPSA) is 107 Å². The van der Waals surface area contributed by atoms with Crippen molar-refractivity contribution in [2.45, 2.75) is 19.3 Å². The predicted molar refractivity (Wildman–Crippen MR) is 90.6 cm³/mol. The Balaban J connectivity index is 1.89. The summed E-state index contributed by atoms with van der Waals surface area (Å²) in [6.45, 7) is 0.552. The number of hydrogen-bond acceptors (Lipinski definition) is 5. The molecule has 1 heterocycles. The fourth-order valence-corrected chi connectivity index (χ4v) is 3.04. The van der Waals surface area contributed by atoms with Crippen molar-refractivity contribution >= 4 is 23.0 Å². The molecule has 0 fully saturated rings. The maximum Gasteiger partial charge on any atom is 0.279 e. The Kier molecular flexibility index (Phi) is 4.42. The van der Waals surface area contributed by atoms with E-state index in [-0.39, 0.29) is 23.6 Å². The van der Waals surface area contributed by atoms with Gasteiger partial charge in [0.25, 0.3) is 11.4 Å². The molecule has 0 saturated heterocycles. The quantitative estimate of drug-likeness (QED) is 0.627. The van der Waals surface area contributed by atoms with Gasteiger partial charge in [0.15, 0.2) is 0 Å². The van der Waals surface area contributed by atoms with E-state index in [1.807, 2.05) is 24.3 Å². The Morgan fingerprint density at radius 1 is 1.08 bits per heavy atom. The summed E-state index contributed by atoms with van der Waals surface area (Å²) in [7, 11) is 0. The molecule has 128 valence electrons. The van der Waals surface area contributed by atoms with Gasteiger partial charge in [-0.2, -0.15) is 0 Å². The van der Waals surface area contributed by atoms with Crippen molar-refractivity contribution < 1.29 is 14.6 Å². The summed E-state index contributed by atoms with van der Waals surface area (Å²) in [6.07, 6.45) is 1.53. The smallest absolute Gasteiger partial charge is 0.279 e. The van der Waals surface area contributed by atoms with Crippen LogP contribution in [0.25, 0.3) is 0 Å². The summed E-state index contributed by atoms with van der Waals surface area (Å²) < 4.78 is 0. The zero-order chi connectivity index (χ0) is 18.0. The van der Waals surface area contributed by atoms with Crippen LogP contribution in [-0.4, -0.2) is 22.3 Å². The number of fused-ring (bicyclic) bond motifs is 1. The lowest BCUT2D eigenvalue weighted by Crippen LogP contribution is -2.36. The van der Waals surface area contributed by atoms with Gasteiger partial charge >= 0.3 is 0 Å². The lowest BCUT2D eigenvalue weighted by Gasteiger charge is -2.29. The molecule has 0 aliphatic carbocycles. The van der Waals surface area contributed by atoms with Crippen LogP contribution in [0, 0.1) is 20.2 Å². The molecule has 0 unspecified atom stereocenters. The van der Waals surface area contributed by atoms with E-state index in [1.165, 1.54) is 12.1 Å². The van der Waals surface area contributed by atoms with Crippen LogP contribution in [-0.2, 0) is 17.6 Å². The van der Waals surface area contributed by atoms with E-state index >= 15 is 0 Å². The Morgan fingerprint density at radius 3 is 2.56 bits per heavy atom. The van der Waals surface area contributed by atoms with Crippen LogP contribution in [0.15, 0.2) is 42.5 Å². The van der Waals surface area contributed by atoms with E-state index in [9.17, 15) is 25.0 Å². The highest BCUT2D eigenvalue weighted by molar-refractivity contribution is 5.96. The Bertz CT molecular complexity index is 865. The third-order valence-electron chi connectivity index (χ3n) is 4.23. The number of rotatable bonds is 4. The van der Waals surface area contributed by atoms with Crippen molar-refractivity contribution in [2.24, 2.45) is 0 Å². The van der Waals surface area contributed by atoms with Crippen LogP contribution < -0.4 is 4.90 Å². The lowest BCUT2D eigenvalue weighted by atomic mass is 10.0. The Morgan fingerprint density at radius 2 is 1.84 bits per heavy atom. The number of carbonyl (C=O) groups is 1. The normalized spacial score (nSPS) is 13.2. The van der Waals surface area contributed by atoms with Crippen LogP contribution in [0.3, 0.4) is 0 Å². The average Bonchev–Trinajstić information content (AvgIpc) is 2.61. The highest BCUT2D eigenvalue weighted by Crippen LogP contribution is 2.29. The molecule has 0 radical (unpaired) electrons. The molecule has 0 bridgehead atoms. The van der Waals surface area contributed by atoms with Gasteiger partial charge in [-0.25, -0.2) is 0 Å². The number of para-hydroxylation sites is 1. The second kappa shape index (κ2) is 6.68. The monoisotopic (exact) mass is 341 g/mol. The van der Waals surface area contributed by atoms with E-state index in [2.05, 4.69) is 0 Å². The summed E-state index contributed by atoms with van der Waals surface area (Å²) in [5.74, 6) is -0.260. The number of benzene rings is 2. The largest absolute Gasteiger partial charge is 0.312 e. The second-order valence-electron chi connectivity index (χ2n) is 5.78. The molecule has 0 spiro atoms. The number of aryl methyl sites for hydroxylation is 1. The molecule has 0 saturated carbocycles. The number of hydrogen-bond donors (Lipinski definition) is 0. The van der Waals surface area contributed by atoms with Crippen molar-refractivity contribution in [3.8, 4) is 0 Å². The van der Waals surface area contributed by atoms with Gasteiger partial charge in [0, 0.05) is 23.9 Å². The number of nitro groups is 2. The van der Waals surface area contributed by atoms with Gasteiger partial charge in [0.05, 0.1) is 22.3 Å². The zero-order valence-electron chi connectivity index (χ0n) is 13.3. The van der Waals surface area contributed by atoms with Crippen molar-refractivity contribution in [3.05, 3.63) is 73.8 Å². The molecule has 1 aliphatic rings. The maximum absolute atomic E-state index is 12.7. The molecular weight excluding hydrogens is 326 g/mol. The zero-order valence-corrected chi connectivity index (χ0v) is 13.3. The van der Waals surface area contributed by atoms with Crippen molar-refractivity contribution in [1.29, 1.82) is 0 Å². The number of non-ortho nitro benzene ring substituents is 1. The van der Waals surface area contributed by atoms with Crippen LogP contribution in [0.5, 0.6) is 0 Å². The molecule has 2 aromatic rings. The first-order valence-corrected chi connectivity index (χ1v) is 7.77. The van der Waals surface area contributed by atoms with Crippen LogP contribution in [0.1, 0.15) is 17.5 Å².